The lowest BCUT2D eigenvalue weighted by atomic mass is 9.84. The van der Waals surface area contributed by atoms with Crippen LogP contribution in [0.3, 0.4) is 0 Å². The van der Waals surface area contributed by atoms with Crippen molar-refractivity contribution in [1.29, 1.82) is 0 Å². The van der Waals surface area contributed by atoms with Crippen LogP contribution in [0.4, 0.5) is 0 Å². The van der Waals surface area contributed by atoms with Crippen LogP contribution in [0, 0.1) is 6.92 Å². The molecule has 0 spiro atoms. The van der Waals surface area contributed by atoms with Crippen molar-refractivity contribution in [2.75, 3.05) is 6.61 Å². The number of benzene rings is 2. The summed E-state index contributed by atoms with van der Waals surface area (Å²) in [6, 6.07) is 10.9. The maximum Gasteiger partial charge on any atom is 0.113 e. The van der Waals surface area contributed by atoms with Gasteiger partial charge in [0.25, 0.3) is 0 Å². The van der Waals surface area contributed by atoms with Crippen LogP contribution in [0.2, 0.25) is 0 Å². The van der Waals surface area contributed by atoms with E-state index in [1.807, 2.05) is 6.92 Å². The van der Waals surface area contributed by atoms with Gasteiger partial charge in [-0.25, -0.2) is 0 Å². The minimum atomic E-state index is -1.36. The lowest BCUT2D eigenvalue weighted by molar-refractivity contribution is -0.231. The summed E-state index contributed by atoms with van der Waals surface area (Å²) in [5.41, 5.74) is 8.46. The van der Waals surface area contributed by atoms with E-state index in [1.165, 1.54) is 27.8 Å². The zero-order valence-corrected chi connectivity index (χ0v) is 18.4. The Morgan fingerprint density at radius 2 is 1.61 bits per heavy atom. The largest absolute Gasteiger partial charge is 0.394 e. The zero-order valence-electron chi connectivity index (χ0n) is 18.4. The topological polar surface area (TPSA) is 90.2 Å². The van der Waals surface area contributed by atoms with E-state index in [1.54, 1.807) is 0 Å². The van der Waals surface area contributed by atoms with Gasteiger partial charge in [0.05, 0.1) is 6.61 Å². The van der Waals surface area contributed by atoms with Gasteiger partial charge >= 0.3 is 0 Å². The Bertz CT molecular complexity index is 905. The Morgan fingerprint density at radius 1 is 0.935 bits per heavy atom. The molecule has 0 amide bonds. The summed E-state index contributed by atoms with van der Waals surface area (Å²) in [6.07, 6.45) is 0.536. The Kier molecular flexibility index (Phi) is 6.80. The molecule has 5 heteroatoms. The molecule has 1 aliphatic carbocycles. The van der Waals surface area contributed by atoms with Crippen LogP contribution in [0.5, 0.6) is 0 Å². The third-order valence-electron chi connectivity index (χ3n) is 6.98. The van der Waals surface area contributed by atoms with Gasteiger partial charge in [0.2, 0.25) is 0 Å². The summed E-state index contributed by atoms with van der Waals surface area (Å²) in [6.45, 7) is 3.82. The molecule has 5 nitrogen and oxygen atoms in total. The number of rotatable bonds is 6. The highest BCUT2D eigenvalue weighted by Gasteiger charge is 2.44. The summed E-state index contributed by atoms with van der Waals surface area (Å²) in [7, 11) is 0. The number of aliphatic hydroxyl groups is 4. The number of aryl methyl sites for hydroxylation is 1. The molecule has 2 aromatic carbocycles. The van der Waals surface area contributed by atoms with Gasteiger partial charge in [0.15, 0.2) is 0 Å². The summed E-state index contributed by atoms with van der Waals surface area (Å²) in [5, 5.41) is 40.7. The van der Waals surface area contributed by atoms with Gasteiger partial charge in [-0.15, -0.1) is 0 Å². The third kappa shape index (κ3) is 4.30. The van der Waals surface area contributed by atoms with Crippen molar-refractivity contribution in [2.45, 2.75) is 82.9 Å². The highest BCUT2D eigenvalue weighted by Crippen LogP contribution is 2.39. The van der Waals surface area contributed by atoms with E-state index >= 15 is 0 Å². The first kappa shape index (κ1) is 22.4. The van der Waals surface area contributed by atoms with Gasteiger partial charge in [-0.05, 0) is 78.0 Å². The average Bonchev–Trinajstić information content (AvgIpc) is 3.27. The number of ether oxygens (including phenoxy) is 1. The lowest BCUT2D eigenvalue weighted by Gasteiger charge is -2.41. The number of hydrogen-bond acceptors (Lipinski definition) is 5. The Hall–Kier alpha value is -1.76. The van der Waals surface area contributed by atoms with E-state index in [9.17, 15) is 20.4 Å². The van der Waals surface area contributed by atoms with Crippen molar-refractivity contribution in [1.82, 2.24) is 0 Å². The lowest BCUT2D eigenvalue weighted by Crippen LogP contribution is -2.55. The quantitative estimate of drug-likeness (QED) is 0.570. The molecule has 2 aromatic rings. The normalized spacial score (nSPS) is 28.0. The highest BCUT2D eigenvalue weighted by atomic mass is 16.5. The molecular formula is C26H34O5. The van der Waals surface area contributed by atoms with E-state index in [0.29, 0.717) is 0 Å². The molecule has 0 unspecified atom stereocenters. The van der Waals surface area contributed by atoms with Gasteiger partial charge in [0.1, 0.15) is 30.5 Å². The minimum absolute atomic E-state index is 0.414. The standard InChI is InChI=1S/C26H34O5/c1-3-5-16-8-10-17(11-9-16)12-18-13-21(15(2)19-6-4-7-20(18)19)26-25(30)24(29)23(28)22(14-27)31-26/h8-11,13,22-30H,3-7,12,14H2,1-2H3/t22-,23+,24+,25+,26+/m1/s1. The monoisotopic (exact) mass is 426 g/mol. The fourth-order valence-corrected chi connectivity index (χ4v) is 5.21. The maximum absolute atomic E-state index is 10.7. The molecule has 0 bridgehead atoms. The van der Waals surface area contributed by atoms with Crippen molar-refractivity contribution < 1.29 is 25.2 Å². The molecule has 1 saturated heterocycles. The predicted molar refractivity (Wildman–Crippen MR) is 119 cm³/mol. The second-order valence-corrected chi connectivity index (χ2v) is 9.05. The van der Waals surface area contributed by atoms with Crippen LogP contribution in [0.15, 0.2) is 30.3 Å². The third-order valence-corrected chi connectivity index (χ3v) is 6.98. The molecule has 31 heavy (non-hydrogen) atoms. The number of aliphatic hydroxyl groups excluding tert-OH is 4. The second kappa shape index (κ2) is 9.39. The van der Waals surface area contributed by atoms with Crippen LogP contribution in [-0.4, -0.2) is 51.4 Å². The SMILES string of the molecule is CCCc1ccc(Cc2cc([C@@H]3O[C@H](CO)[C@H](O)[C@H](O)[C@@H]3O)c(C)c3c2CCC3)cc1. The van der Waals surface area contributed by atoms with Crippen LogP contribution in [0.25, 0.3) is 0 Å². The molecule has 0 saturated carbocycles. The van der Waals surface area contributed by atoms with Crippen LogP contribution < -0.4 is 0 Å². The van der Waals surface area contributed by atoms with E-state index < -0.39 is 37.1 Å². The second-order valence-electron chi connectivity index (χ2n) is 9.05. The van der Waals surface area contributed by atoms with E-state index in [-0.39, 0.29) is 0 Å². The van der Waals surface area contributed by atoms with Gasteiger partial charge in [-0.1, -0.05) is 43.7 Å². The number of fused-ring (bicyclic) bond motifs is 1. The highest BCUT2D eigenvalue weighted by molar-refractivity contribution is 5.50. The summed E-state index contributed by atoms with van der Waals surface area (Å²) in [5.74, 6) is 0. The van der Waals surface area contributed by atoms with Gasteiger partial charge in [0, 0.05) is 0 Å². The Labute approximate surface area is 184 Å². The Morgan fingerprint density at radius 3 is 2.29 bits per heavy atom. The van der Waals surface area contributed by atoms with Gasteiger partial charge in [-0.2, -0.15) is 0 Å². The van der Waals surface area contributed by atoms with E-state index in [0.717, 1.165) is 49.7 Å². The van der Waals surface area contributed by atoms with Crippen LogP contribution in [-0.2, 0) is 30.4 Å². The molecular weight excluding hydrogens is 392 g/mol. The fourth-order valence-electron chi connectivity index (χ4n) is 5.21. The molecule has 2 aliphatic rings. The number of hydrogen-bond donors (Lipinski definition) is 4. The molecule has 0 radical (unpaired) electrons. The molecule has 1 aliphatic heterocycles. The Balaban J connectivity index is 1.69. The first-order chi connectivity index (χ1) is 14.9. The molecule has 4 N–H and O–H groups in total. The molecule has 4 rings (SSSR count). The van der Waals surface area contributed by atoms with Crippen LogP contribution >= 0.6 is 0 Å². The average molecular weight is 427 g/mol. The molecule has 5 atom stereocenters. The summed E-state index contributed by atoms with van der Waals surface area (Å²) in [4.78, 5) is 0. The van der Waals surface area contributed by atoms with E-state index in [4.69, 9.17) is 4.74 Å². The van der Waals surface area contributed by atoms with Gasteiger partial charge in [-0.3, -0.25) is 0 Å². The van der Waals surface area contributed by atoms with Crippen LogP contribution in [0.1, 0.15) is 64.8 Å². The van der Waals surface area contributed by atoms with Crippen molar-refractivity contribution >= 4 is 0 Å². The van der Waals surface area contributed by atoms with E-state index in [2.05, 4.69) is 37.3 Å². The predicted octanol–water partition coefficient (Wildman–Crippen LogP) is 2.54. The summed E-state index contributed by atoms with van der Waals surface area (Å²) < 4.78 is 5.90. The first-order valence-corrected chi connectivity index (χ1v) is 11.5. The van der Waals surface area contributed by atoms with Gasteiger partial charge < -0.3 is 25.2 Å². The maximum atomic E-state index is 10.7. The molecule has 168 valence electrons. The molecule has 1 fully saturated rings. The zero-order chi connectivity index (χ0) is 22.1. The smallest absolute Gasteiger partial charge is 0.113 e. The minimum Gasteiger partial charge on any atom is -0.394 e. The summed E-state index contributed by atoms with van der Waals surface area (Å²) >= 11 is 0. The van der Waals surface area contributed by atoms with Crippen molar-refractivity contribution in [3.63, 3.8) is 0 Å². The fraction of sp³-hybridized carbons (Fsp3) is 0.538. The van der Waals surface area contributed by atoms with Crippen molar-refractivity contribution in [2.24, 2.45) is 0 Å². The molecule has 1 heterocycles. The first-order valence-electron chi connectivity index (χ1n) is 11.5. The molecule has 0 aromatic heterocycles. The van der Waals surface area contributed by atoms with Crippen molar-refractivity contribution in [3.05, 3.63) is 69.3 Å². The van der Waals surface area contributed by atoms with Crippen molar-refractivity contribution in [3.8, 4) is 0 Å².